The number of hydrogen-bond donors (Lipinski definition) is 0. The summed E-state index contributed by atoms with van der Waals surface area (Å²) in [4.78, 5) is 0. The van der Waals surface area contributed by atoms with E-state index in [0.29, 0.717) is 6.04 Å². The predicted molar refractivity (Wildman–Crippen MR) is 83.2 cm³/mol. The Morgan fingerprint density at radius 3 is 2.29 bits per heavy atom. The molecule has 0 unspecified atom stereocenters. The minimum absolute atomic E-state index is 0.350. The summed E-state index contributed by atoms with van der Waals surface area (Å²) in [5, 5.41) is 5.61. The van der Waals surface area contributed by atoms with Crippen molar-refractivity contribution in [2.75, 3.05) is 7.11 Å². The summed E-state index contributed by atoms with van der Waals surface area (Å²) in [7, 11) is 1.65. The highest BCUT2D eigenvalue weighted by Gasteiger charge is 2.05. The summed E-state index contributed by atoms with van der Waals surface area (Å²) >= 11 is 0. The number of hydrogen-bond acceptors (Lipinski definition) is 3. The molecule has 0 bridgehead atoms. The lowest BCUT2D eigenvalue weighted by atomic mass is 10.2. The van der Waals surface area contributed by atoms with Gasteiger partial charge in [-0.05, 0) is 56.3 Å². The molecule has 0 fully saturated rings. The quantitative estimate of drug-likeness (QED) is 0.710. The van der Waals surface area contributed by atoms with Crippen LogP contribution in [0.25, 0.3) is 10.9 Å². The molecular formula is C17H18N2O2. The first-order valence-corrected chi connectivity index (χ1v) is 6.96. The molecular weight excluding hydrogens is 264 g/mol. The zero-order valence-electron chi connectivity index (χ0n) is 12.4. The molecule has 0 aliphatic heterocycles. The van der Waals surface area contributed by atoms with Gasteiger partial charge in [0.1, 0.15) is 17.2 Å². The Morgan fingerprint density at radius 2 is 1.62 bits per heavy atom. The molecule has 21 heavy (non-hydrogen) atoms. The Hall–Kier alpha value is -2.49. The summed E-state index contributed by atoms with van der Waals surface area (Å²) in [6.07, 6.45) is 2.04. The standard InChI is InChI=1S/C17H18N2O2/c1-12(2)19-11-13-10-16(8-9-17(13)18-19)21-15-6-4-14(20-3)5-7-15/h4-12H,1-3H3. The minimum Gasteiger partial charge on any atom is -0.497 e. The lowest BCUT2D eigenvalue weighted by molar-refractivity contribution is 0.413. The highest BCUT2D eigenvalue weighted by Crippen LogP contribution is 2.27. The second-order valence-electron chi connectivity index (χ2n) is 5.20. The first-order valence-electron chi connectivity index (χ1n) is 6.96. The SMILES string of the molecule is COc1ccc(Oc2ccc3nn(C(C)C)cc3c2)cc1. The van der Waals surface area contributed by atoms with Gasteiger partial charge >= 0.3 is 0 Å². The van der Waals surface area contributed by atoms with Crippen molar-refractivity contribution in [3.8, 4) is 17.2 Å². The van der Waals surface area contributed by atoms with Gasteiger partial charge in [0, 0.05) is 17.6 Å². The Bertz CT molecular complexity index is 745. The van der Waals surface area contributed by atoms with Crippen LogP contribution < -0.4 is 9.47 Å². The Labute approximate surface area is 123 Å². The first-order chi connectivity index (χ1) is 10.2. The molecule has 4 heteroatoms. The van der Waals surface area contributed by atoms with Crippen LogP contribution in [0.15, 0.2) is 48.7 Å². The van der Waals surface area contributed by atoms with E-state index >= 15 is 0 Å². The van der Waals surface area contributed by atoms with Crippen molar-refractivity contribution < 1.29 is 9.47 Å². The third kappa shape index (κ3) is 2.84. The smallest absolute Gasteiger partial charge is 0.128 e. The van der Waals surface area contributed by atoms with Crippen LogP contribution >= 0.6 is 0 Å². The van der Waals surface area contributed by atoms with E-state index in [1.807, 2.05) is 53.3 Å². The summed E-state index contributed by atoms with van der Waals surface area (Å²) in [5.74, 6) is 2.40. The van der Waals surface area contributed by atoms with Gasteiger partial charge in [0.05, 0.1) is 12.6 Å². The summed E-state index contributed by atoms with van der Waals surface area (Å²) in [5.41, 5.74) is 0.978. The Balaban J connectivity index is 1.86. The minimum atomic E-state index is 0.350. The van der Waals surface area contributed by atoms with Crippen molar-refractivity contribution in [2.45, 2.75) is 19.9 Å². The van der Waals surface area contributed by atoms with E-state index in [2.05, 4.69) is 18.9 Å². The fourth-order valence-corrected chi connectivity index (χ4v) is 2.13. The molecule has 3 aromatic rings. The molecule has 2 aromatic carbocycles. The molecule has 0 aliphatic rings. The zero-order chi connectivity index (χ0) is 14.8. The number of methoxy groups -OCH3 is 1. The van der Waals surface area contributed by atoms with Crippen LogP contribution in [0, 0.1) is 0 Å². The average molecular weight is 282 g/mol. The van der Waals surface area contributed by atoms with Crippen molar-refractivity contribution in [1.82, 2.24) is 9.78 Å². The molecule has 0 aliphatic carbocycles. The van der Waals surface area contributed by atoms with Gasteiger partial charge in [-0.1, -0.05) is 0 Å². The average Bonchev–Trinajstić information content (AvgIpc) is 2.91. The van der Waals surface area contributed by atoms with E-state index < -0.39 is 0 Å². The molecule has 0 saturated heterocycles. The van der Waals surface area contributed by atoms with Crippen molar-refractivity contribution in [2.24, 2.45) is 0 Å². The highest BCUT2D eigenvalue weighted by molar-refractivity contribution is 5.79. The molecule has 4 nitrogen and oxygen atoms in total. The van der Waals surface area contributed by atoms with Crippen LogP contribution in [0.3, 0.4) is 0 Å². The molecule has 0 N–H and O–H groups in total. The van der Waals surface area contributed by atoms with Gasteiger partial charge in [-0.25, -0.2) is 0 Å². The summed E-state index contributed by atoms with van der Waals surface area (Å²) in [6.45, 7) is 4.22. The maximum atomic E-state index is 5.86. The predicted octanol–water partition coefficient (Wildman–Crippen LogP) is 4.42. The number of fused-ring (bicyclic) bond motifs is 1. The van der Waals surface area contributed by atoms with Crippen LogP contribution in [-0.4, -0.2) is 16.9 Å². The third-order valence-corrected chi connectivity index (χ3v) is 3.32. The van der Waals surface area contributed by atoms with E-state index in [0.717, 1.165) is 28.2 Å². The van der Waals surface area contributed by atoms with Gasteiger partial charge in [0.25, 0.3) is 0 Å². The summed E-state index contributed by atoms with van der Waals surface area (Å²) < 4.78 is 13.0. The maximum absolute atomic E-state index is 5.86. The van der Waals surface area contributed by atoms with Crippen LogP contribution in [0.1, 0.15) is 19.9 Å². The van der Waals surface area contributed by atoms with Crippen molar-refractivity contribution in [3.63, 3.8) is 0 Å². The molecule has 0 saturated carbocycles. The fraction of sp³-hybridized carbons (Fsp3) is 0.235. The monoisotopic (exact) mass is 282 g/mol. The number of nitrogens with zero attached hydrogens (tertiary/aromatic N) is 2. The maximum Gasteiger partial charge on any atom is 0.128 e. The van der Waals surface area contributed by atoms with Gasteiger partial charge in [0.15, 0.2) is 0 Å². The van der Waals surface area contributed by atoms with Gasteiger partial charge < -0.3 is 9.47 Å². The number of benzene rings is 2. The molecule has 1 aromatic heterocycles. The molecule has 0 amide bonds. The topological polar surface area (TPSA) is 36.3 Å². The highest BCUT2D eigenvalue weighted by atomic mass is 16.5. The fourth-order valence-electron chi connectivity index (χ4n) is 2.13. The molecule has 0 atom stereocenters. The number of ether oxygens (including phenoxy) is 2. The lowest BCUT2D eigenvalue weighted by Gasteiger charge is -2.06. The van der Waals surface area contributed by atoms with E-state index in [1.54, 1.807) is 7.11 Å². The van der Waals surface area contributed by atoms with Crippen LogP contribution in [0.5, 0.6) is 17.2 Å². The largest absolute Gasteiger partial charge is 0.497 e. The first kappa shape index (κ1) is 13.5. The van der Waals surface area contributed by atoms with Crippen molar-refractivity contribution >= 4 is 10.9 Å². The molecule has 108 valence electrons. The van der Waals surface area contributed by atoms with E-state index in [-0.39, 0.29) is 0 Å². The van der Waals surface area contributed by atoms with Crippen LogP contribution in [0.2, 0.25) is 0 Å². The molecule has 0 radical (unpaired) electrons. The van der Waals surface area contributed by atoms with Gasteiger partial charge in [-0.3, -0.25) is 4.68 Å². The van der Waals surface area contributed by atoms with E-state index in [4.69, 9.17) is 9.47 Å². The Kier molecular flexibility index (Phi) is 3.52. The van der Waals surface area contributed by atoms with Crippen molar-refractivity contribution in [3.05, 3.63) is 48.7 Å². The third-order valence-electron chi connectivity index (χ3n) is 3.32. The second kappa shape index (κ2) is 5.48. The number of aromatic nitrogens is 2. The van der Waals surface area contributed by atoms with E-state index in [1.165, 1.54) is 0 Å². The number of rotatable bonds is 4. The van der Waals surface area contributed by atoms with Crippen molar-refractivity contribution in [1.29, 1.82) is 0 Å². The second-order valence-corrected chi connectivity index (χ2v) is 5.20. The van der Waals surface area contributed by atoms with Gasteiger partial charge in [-0.15, -0.1) is 0 Å². The summed E-state index contributed by atoms with van der Waals surface area (Å²) in [6, 6.07) is 13.8. The van der Waals surface area contributed by atoms with E-state index in [9.17, 15) is 0 Å². The Morgan fingerprint density at radius 1 is 0.952 bits per heavy atom. The molecule has 1 heterocycles. The van der Waals surface area contributed by atoms with Crippen LogP contribution in [0.4, 0.5) is 0 Å². The van der Waals surface area contributed by atoms with Gasteiger partial charge in [-0.2, -0.15) is 5.10 Å². The molecule has 0 spiro atoms. The lowest BCUT2D eigenvalue weighted by Crippen LogP contribution is -1.99. The normalized spacial score (nSPS) is 11.0. The molecule has 3 rings (SSSR count). The zero-order valence-corrected chi connectivity index (χ0v) is 12.4. The van der Waals surface area contributed by atoms with Gasteiger partial charge in [0.2, 0.25) is 0 Å². The van der Waals surface area contributed by atoms with Crippen LogP contribution in [-0.2, 0) is 0 Å².